The molecule has 3 aromatic carbocycles. The van der Waals surface area contributed by atoms with Gasteiger partial charge in [0.15, 0.2) is 11.5 Å². The molecule has 2 aromatic heterocycles. The molecule has 7 nitrogen and oxygen atoms in total. The first-order chi connectivity index (χ1) is 17.5. The van der Waals surface area contributed by atoms with Crippen LogP contribution < -0.4 is 19.5 Å². The Morgan fingerprint density at radius 2 is 1.78 bits per heavy atom. The minimum absolute atomic E-state index is 0.205. The third kappa shape index (κ3) is 4.02. The molecule has 184 valence electrons. The van der Waals surface area contributed by atoms with Crippen molar-refractivity contribution in [3.8, 4) is 17.2 Å². The lowest BCUT2D eigenvalue weighted by molar-refractivity contribution is 0.0952. The minimum Gasteiger partial charge on any atom is -0.497 e. The molecule has 0 aliphatic rings. The summed E-state index contributed by atoms with van der Waals surface area (Å²) in [7, 11) is 4.84. The standard InChI is InChI=1S/C29H28N2O5/c1-17-27(21-14-18(33-2)12-13-25(21)36-17)29(32)31-16-23(20-9-7-11-26(34-3)28(20)35-4)22-15-30-24-10-6-5-8-19(22)24/h5-15,23,30H,16H2,1-4H3,(H,31,32). The maximum absolute atomic E-state index is 13.5. The van der Waals surface area contributed by atoms with Gasteiger partial charge in [-0.1, -0.05) is 30.3 Å². The predicted octanol–water partition coefficient (Wildman–Crippen LogP) is 5.81. The van der Waals surface area contributed by atoms with Crippen LogP contribution in [0, 0.1) is 6.92 Å². The van der Waals surface area contributed by atoms with Crippen LogP contribution in [0.4, 0.5) is 0 Å². The number of amides is 1. The van der Waals surface area contributed by atoms with E-state index in [0.29, 0.717) is 46.1 Å². The zero-order valence-electron chi connectivity index (χ0n) is 20.7. The Labute approximate surface area is 209 Å². The van der Waals surface area contributed by atoms with E-state index in [-0.39, 0.29) is 11.8 Å². The Hall–Kier alpha value is -4.39. The number of rotatable bonds is 8. The average molecular weight is 485 g/mol. The lowest BCUT2D eigenvalue weighted by atomic mass is 9.89. The molecule has 2 heterocycles. The van der Waals surface area contributed by atoms with Gasteiger partial charge < -0.3 is 28.9 Å². The molecular formula is C29H28N2O5. The fourth-order valence-electron chi connectivity index (χ4n) is 4.85. The first kappa shape index (κ1) is 23.4. The Morgan fingerprint density at radius 3 is 2.56 bits per heavy atom. The normalized spacial score (nSPS) is 12.0. The van der Waals surface area contributed by atoms with Crippen LogP contribution in [0.1, 0.15) is 33.2 Å². The number of ether oxygens (including phenoxy) is 3. The Morgan fingerprint density at radius 1 is 0.944 bits per heavy atom. The first-order valence-electron chi connectivity index (χ1n) is 11.7. The largest absolute Gasteiger partial charge is 0.497 e. The number of hydrogen-bond acceptors (Lipinski definition) is 5. The van der Waals surface area contributed by atoms with E-state index < -0.39 is 0 Å². The molecule has 0 fully saturated rings. The Kier molecular flexibility index (Phi) is 6.29. The van der Waals surface area contributed by atoms with Gasteiger partial charge in [-0.05, 0) is 42.8 Å². The van der Waals surface area contributed by atoms with Gasteiger partial charge in [-0.25, -0.2) is 0 Å². The maximum atomic E-state index is 13.5. The molecule has 0 aliphatic carbocycles. The second kappa shape index (κ2) is 9.70. The van der Waals surface area contributed by atoms with Crippen LogP contribution >= 0.6 is 0 Å². The topological polar surface area (TPSA) is 85.7 Å². The zero-order valence-corrected chi connectivity index (χ0v) is 20.7. The third-order valence-electron chi connectivity index (χ3n) is 6.57. The van der Waals surface area contributed by atoms with E-state index in [0.717, 1.165) is 22.0 Å². The van der Waals surface area contributed by atoms with Gasteiger partial charge in [0.1, 0.15) is 17.1 Å². The van der Waals surface area contributed by atoms with Crippen LogP contribution in [0.15, 0.2) is 71.3 Å². The fourth-order valence-corrected chi connectivity index (χ4v) is 4.85. The van der Waals surface area contributed by atoms with Crippen molar-refractivity contribution in [3.05, 3.63) is 89.3 Å². The molecule has 0 spiro atoms. The van der Waals surface area contributed by atoms with Crippen molar-refractivity contribution < 1.29 is 23.4 Å². The van der Waals surface area contributed by atoms with Gasteiger partial charge in [-0.15, -0.1) is 0 Å². The van der Waals surface area contributed by atoms with Crippen LogP contribution in [0.5, 0.6) is 17.2 Å². The molecular weight excluding hydrogens is 456 g/mol. The van der Waals surface area contributed by atoms with Gasteiger partial charge in [0, 0.05) is 40.5 Å². The molecule has 1 amide bonds. The Bertz CT molecular complexity index is 1550. The summed E-state index contributed by atoms with van der Waals surface area (Å²) in [5, 5.41) is 4.94. The summed E-state index contributed by atoms with van der Waals surface area (Å²) in [6.45, 7) is 2.13. The van der Waals surface area contributed by atoms with Gasteiger partial charge >= 0.3 is 0 Å². The number of furan rings is 1. The molecule has 5 aromatic rings. The van der Waals surface area contributed by atoms with Gasteiger partial charge in [0.2, 0.25) is 0 Å². The summed E-state index contributed by atoms with van der Waals surface area (Å²) < 4.78 is 22.5. The number of para-hydroxylation sites is 2. The molecule has 1 unspecified atom stereocenters. The lowest BCUT2D eigenvalue weighted by Gasteiger charge is -2.22. The van der Waals surface area contributed by atoms with Crippen LogP contribution in [-0.2, 0) is 0 Å². The first-order valence-corrected chi connectivity index (χ1v) is 11.7. The third-order valence-corrected chi connectivity index (χ3v) is 6.57. The van der Waals surface area contributed by atoms with Crippen LogP contribution in [-0.4, -0.2) is 38.8 Å². The molecule has 0 bridgehead atoms. The fraction of sp³-hybridized carbons (Fsp3) is 0.207. The van der Waals surface area contributed by atoms with Crippen LogP contribution in [0.2, 0.25) is 0 Å². The van der Waals surface area contributed by atoms with Gasteiger partial charge in [-0.2, -0.15) is 0 Å². The molecule has 0 aliphatic heterocycles. The Balaban J connectivity index is 1.55. The van der Waals surface area contributed by atoms with Crippen molar-refractivity contribution >= 4 is 27.8 Å². The number of aromatic nitrogens is 1. The number of aryl methyl sites for hydroxylation is 1. The number of benzene rings is 3. The second-order valence-electron chi connectivity index (χ2n) is 8.53. The van der Waals surface area contributed by atoms with Crippen molar-refractivity contribution in [2.45, 2.75) is 12.8 Å². The number of H-pyrrole nitrogens is 1. The highest BCUT2D eigenvalue weighted by Gasteiger charge is 2.26. The van der Waals surface area contributed by atoms with Crippen molar-refractivity contribution in [2.75, 3.05) is 27.9 Å². The molecule has 0 radical (unpaired) electrons. The van der Waals surface area contributed by atoms with Gasteiger partial charge in [0.25, 0.3) is 5.91 Å². The van der Waals surface area contributed by atoms with Gasteiger partial charge in [-0.3, -0.25) is 4.79 Å². The molecule has 5 rings (SSSR count). The summed E-state index contributed by atoms with van der Waals surface area (Å²) in [6.07, 6.45) is 1.99. The number of carbonyl (C=O) groups is 1. The summed E-state index contributed by atoms with van der Waals surface area (Å²) in [5.74, 6) is 2.07. The molecule has 2 N–H and O–H groups in total. The van der Waals surface area contributed by atoms with E-state index in [1.54, 1.807) is 28.3 Å². The number of hydrogen-bond donors (Lipinski definition) is 2. The highest BCUT2D eigenvalue weighted by atomic mass is 16.5. The number of carbonyl (C=O) groups excluding carboxylic acids is 1. The molecule has 36 heavy (non-hydrogen) atoms. The van der Waals surface area contributed by atoms with Crippen molar-refractivity contribution in [2.24, 2.45) is 0 Å². The predicted molar refractivity (Wildman–Crippen MR) is 140 cm³/mol. The number of fused-ring (bicyclic) bond motifs is 2. The maximum Gasteiger partial charge on any atom is 0.255 e. The number of aromatic amines is 1. The van der Waals surface area contributed by atoms with E-state index in [1.807, 2.05) is 60.8 Å². The quantitative estimate of drug-likeness (QED) is 0.290. The number of nitrogens with one attached hydrogen (secondary N) is 2. The monoisotopic (exact) mass is 484 g/mol. The second-order valence-corrected chi connectivity index (χ2v) is 8.53. The smallest absolute Gasteiger partial charge is 0.255 e. The van der Waals surface area contributed by atoms with E-state index in [2.05, 4.69) is 16.4 Å². The zero-order chi connectivity index (χ0) is 25.2. The summed E-state index contributed by atoms with van der Waals surface area (Å²) >= 11 is 0. The van der Waals surface area contributed by atoms with E-state index in [4.69, 9.17) is 18.6 Å². The highest BCUT2D eigenvalue weighted by molar-refractivity contribution is 6.07. The van der Waals surface area contributed by atoms with E-state index in [9.17, 15) is 4.79 Å². The molecule has 0 saturated carbocycles. The van der Waals surface area contributed by atoms with Crippen LogP contribution in [0.3, 0.4) is 0 Å². The van der Waals surface area contributed by atoms with Gasteiger partial charge in [0.05, 0.1) is 26.9 Å². The summed E-state index contributed by atoms with van der Waals surface area (Å²) in [6, 6.07) is 19.4. The molecule has 0 saturated heterocycles. The van der Waals surface area contributed by atoms with Crippen molar-refractivity contribution in [1.82, 2.24) is 10.3 Å². The number of methoxy groups -OCH3 is 3. The summed E-state index contributed by atoms with van der Waals surface area (Å²) in [4.78, 5) is 16.9. The minimum atomic E-state index is -0.216. The summed E-state index contributed by atoms with van der Waals surface area (Å²) in [5.41, 5.74) is 4.12. The average Bonchev–Trinajstić information content (AvgIpc) is 3.48. The lowest BCUT2D eigenvalue weighted by Crippen LogP contribution is -2.29. The molecule has 1 atom stereocenters. The van der Waals surface area contributed by atoms with Crippen LogP contribution in [0.25, 0.3) is 21.9 Å². The van der Waals surface area contributed by atoms with Crippen molar-refractivity contribution in [1.29, 1.82) is 0 Å². The molecule has 7 heteroatoms. The SMILES string of the molecule is COc1ccc2oc(C)c(C(=O)NCC(c3cccc(OC)c3OC)c3c[nH]c4ccccc34)c2c1. The van der Waals surface area contributed by atoms with E-state index in [1.165, 1.54) is 0 Å². The van der Waals surface area contributed by atoms with E-state index >= 15 is 0 Å². The van der Waals surface area contributed by atoms with Crippen molar-refractivity contribution in [3.63, 3.8) is 0 Å². The highest BCUT2D eigenvalue weighted by Crippen LogP contribution is 2.40.